The zero-order valence-electron chi connectivity index (χ0n) is 33.2. The summed E-state index contributed by atoms with van der Waals surface area (Å²) in [4.78, 5) is 18.0. The van der Waals surface area contributed by atoms with Crippen molar-refractivity contribution >= 4 is 58.5 Å². The standard InChI is InChI=1S/2C20H15N2.C12H10Si.2ClH.Zr/c2*1-14-10-15-12-16(19-6-2-4-8-21-19)13-18(17(15)11-14)20-7-3-5-9-22-20;1-3-7-11(8-4-1)13-12-9-5-2-6-10-12;;;/h2*2-13H,1H3;1-10H;2*1H;/q2*-1;;;;+4/p-2. The van der Waals surface area contributed by atoms with Gasteiger partial charge in [-0.05, 0) is 70.8 Å². The normalized spacial score (nSPS) is 10.3. The van der Waals surface area contributed by atoms with E-state index in [1.807, 2.05) is 85.5 Å². The molecule has 6 aromatic carbocycles. The van der Waals surface area contributed by atoms with Crippen LogP contribution < -0.4 is 10.4 Å². The molecule has 0 aliphatic carbocycles. The molecule has 0 spiro atoms. The van der Waals surface area contributed by atoms with E-state index in [-0.39, 0.29) is 0 Å². The Morgan fingerprint density at radius 1 is 0.417 bits per heavy atom. The first kappa shape index (κ1) is 42.5. The molecule has 0 amide bonds. The third kappa shape index (κ3) is 11.3. The Morgan fingerprint density at radius 3 is 1.08 bits per heavy atom. The Hall–Kier alpha value is -5.62. The predicted octanol–water partition coefficient (Wildman–Crippen LogP) is 12.7. The topological polar surface area (TPSA) is 51.6 Å². The maximum Gasteiger partial charge on any atom is 0.121 e. The van der Waals surface area contributed by atoms with E-state index in [4.69, 9.17) is 17.0 Å². The van der Waals surface area contributed by atoms with Crippen LogP contribution in [-0.4, -0.2) is 29.5 Å². The third-order valence-corrected chi connectivity index (χ3v) is 10.8. The van der Waals surface area contributed by atoms with E-state index in [9.17, 15) is 0 Å². The van der Waals surface area contributed by atoms with E-state index in [0.717, 1.165) is 54.5 Å². The molecule has 290 valence electrons. The number of nitrogens with zero attached hydrogens (tertiary/aromatic N) is 4. The van der Waals surface area contributed by atoms with Gasteiger partial charge in [0, 0.05) is 24.8 Å². The number of pyridine rings is 4. The van der Waals surface area contributed by atoms with Gasteiger partial charge in [-0.2, -0.15) is 12.1 Å². The van der Waals surface area contributed by atoms with Crippen molar-refractivity contribution in [3.63, 3.8) is 0 Å². The molecule has 0 aliphatic heterocycles. The van der Waals surface area contributed by atoms with Crippen LogP contribution in [0.15, 0.2) is 207 Å². The van der Waals surface area contributed by atoms with Crippen molar-refractivity contribution in [2.75, 3.05) is 0 Å². The second kappa shape index (κ2) is 21.6. The quantitative estimate of drug-likeness (QED) is 0.123. The number of halogens is 2. The van der Waals surface area contributed by atoms with E-state index in [1.165, 1.54) is 43.0 Å². The molecule has 10 aromatic rings. The predicted molar refractivity (Wildman–Crippen MR) is 251 cm³/mol. The molecule has 0 fully saturated rings. The average Bonchev–Trinajstić information content (AvgIpc) is 3.89. The van der Waals surface area contributed by atoms with Gasteiger partial charge >= 0.3 is 37.9 Å². The molecule has 0 bridgehead atoms. The molecular weight excluding hydrogens is 871 g/mol. The van der Waals surface area contributed by atoms with Gasteiger partial charge in [-0.1, -0.05) is 121 Å². The van der Waals surface area contributed by atoms with E-state index < -0.39 is 20.8 Å². The summed E-state index contributed by atoms with van der Waals surface area (Å²) in [5, 5.41) is 7.76. The molecule has 0 saturated carbocycles. The summed E-state index contributed by atoms with van der Waals surface area (Å²) in [6.07, 6.45) is 7.33. The van der Waals surface area contributed by atoms with E-state index >= 15 is 0 Å². The Kier molecular flexibility index (Phi) is 15.3. The van der Waals surface area contributed by atoms with E-state index in [1.54, 1.807) is 0 Å². The monoisotopic (exact) mass is 908 g/mol. The van der Waals surface area contributed by atoms with Gasteiger partial charge in [0.15, 0.2) is 0 Å². The summed E-state index contributed by atoms with van der Waals surface area (Å²) >= 11 is -0.826. The molecule has 8 heteroatoms. The van der Waals surface area contributed by atoms with Crippen molar-refractivity contribution in [1.29, 1.82) is 0 Å². The van der Waals surface area contributed by atoms with Gasteiger partial charge in [0.1, 0.15) is 9.52 Å². The molecule has 60 heavy (non-hydrogen) atoms. The fourth-order valence-corrected chi connectivity index (χ4v) is 8.03. The summed E-state index contributed by atoms with van der Waals surface area (Å²) in [5.74, 6) is 0. The summed E-state index contributed by atoms with van der Waals surface area (Å²) in [5.41, 5.74) is 11.1. The molecule has 4 heterocycles. The molecule has 0 unspecified atom stereocenters. The van der Waals surface area contributed by atoms with Gasteiger partial charge in [0.2, 0.25) is 0 Å². The van der Waals surface area contributed by atoms with Gasteiger partial charge in [0.25, 0.3) is 0 Å². The molecule has 0 N–H and O–H groups in total. The van der Waals surface area contributed by atoms with Crippen LogP contribution in [-0.2, 0) is 20.8 Å². The largest absolute Gasteiger partial charge is 0.121 e. The number of aryl methyl sites for hydroxylation is 2. The van der Waals surface area contributed by atoms with E-state index in [0.29, 0.717) is 0 Å². The fraction of sp³-hybridized carbons (Fsp3) is 0.0385. The van der Waals surface area contributed by atoms with Crippen LogP contribution in [0.5, 0.6) is 0 Å². The minimum absolute atomic E-state index is 0.777. The zero-order chi connectivity index (χ0) is 41.5. The summed E-state index contributed by atoms with van der Waals surface area (Å²) in [6.45, 7) is 4.26. The Labute approximate surface area is 373 Å². The number of benzene rings is 4. The first-order valence-corrected chi connectivity index (χ1v) is 26.7. The van der Waals surface area contributed by atoms with Crippen molar-refractivity contribution in [2.24, 2.45) is 0 Å². The molecular formula is C52H40Cl2N4SiZr. The second-order valence-electron chi connectivity index (χ2n) is 13.9. The van der Waals surface area contributed by atoms with Gasteiger partial charge in [0.05, 0.1) is 22.8 Å². The molecule has 2 radical (unpaired) electrons. The van der Waals surface area contributed by atoms with Crippen LogP contribution in [0.1, 0.15) is 11.1 Å². The average molecular weight is 911 g/mol. The molecule has 4 nitrogen and oxygen atoms in total. The van der Waals surface area contributed by atoms with Crippen molar-refractivity contribution in [3.05, 3.63) is 218 Å². The van der Waals surface area contributed by atoms with Crippen molar-refractivity contribution in [2.45, 2.75) is 13.8 Å². The van der Waals surface area contributed by atoms with Crippen LogP contribution in [0.2, 0.25) is 0 Å². The molecule has 0 aliphatic rings. The first-order valence-electron chi connectivity index (χ1n) is 19.4. The number of rotatable bonds is 6. The van der Waals surface area contributed by atoms with Crippen LogP contribution >= 0.6 is 17.0 Å². The van der Waals surface area contributed by atoms with Crippen molar-refractivity contribution in [3.8, 4) is 45.0 Å². The van der Waals surface area contributed by atoms with Crippen LogP contribution in [0.25, 0.3) is 66.6 Å². The molecule has 10 rings (SSSR count). The van der Waals surface area contributed by atoms with Crippen molar-refractivity contribution < 1.29 is 20.8 Å². The number of aromatic nitrogens is 4. The van der Waals surface area contributed by atoms with E-state index in [2.05, 4.69) is 155 Å². The van der Waals surface area contributed by atoms with Crippen LogP contribution in [0.3, 0.4) is 0 Å². The van der Waals surface area contributed by atoms with Crippen molar-refractivity contribution in [1.82, 2.24) is 19.9 Å². The number of hydrogen-bond acceptors (Lipinski definition) is 4. The summed E-state index contributed by atoms with van der Waals surface area (Å²) in [7, 11) is 10.6. The third-order valence-electron chi connectivity index (χ3n) is 9.57. The van der Waals surface area contributed by atoms with Gasteiger partial charge in [-0.3, -0.25) is 19.9 Å². The maximum atomic E-state index is 4.93. The van der Waals surface area contributed by atoms with Gasteiger partial charge < -0.3 is 0 Å². The summed E-state index contributed by atoms with van der Waals surface area (Å²) < 4.78 is 0. The smallest absolute Gasteiger partial charge is 0.0631 e. The first-order chi connectivity index (χ1) is 29.5. The number of fused-ring (bicyclic) bond motifs is 2. The second-order valence-corrected chi connectivity index (χ2v) is 19.0. The van der Waals surface area contributed by atoms with Crippen LogP contribution in [0, 0.1) is 13.8 Å². The number of hydrogen-bond donors (Lipinski definition) is 0. The maximum absolute atomic E-state index is 4.93. The van der Waals surface area contributed by atoms with Crippen LogP contribution in [0.4, 0.5) is 0 Å². The van der Waals surface area contributed by atoms with Gasteiger partial charge in [-0.15, -0.1) is 56.9 Å². The SMILES string of the molecule is Cc1cc2c(-c3ccccn3)cc(-c3ccccn3)cc2[cH-]1.Cc1cc2c(-c3ccccn3)cc(-c3ccccn3)cc2[cH-]1.[Cl][Zr+2][Cl].c1ccc([Si]c2ccccc2)cc1. The summed E-state index contributed by atoms with van der Waals surface area (Å²) in [6, 6.07) is 62.9. The molecule has 0 saturated heterocycles. The molecule has 4 aromatic heterocycles. The Balaban J connectivity index is 0.000000136. The minimum atomic E-state index is -0.826. The fourth-order valence-electron chi connectivity index (χ4n) is 6.98. The Morgan fingerprint density at radius 2 is 0.750 bits per heavy atom. The van der Waals surface area contributed by atoms with Gasteiger partial charge in [-0.25, -0.2) is 0 Å². The minimum Gasteiger partial charge on any atom is -0.0631 e. The zero-order valence-corrected chi connectivity index (χ0v) is 38.1. The molecule has 0 atom stereocenters. The Bertz CT molecular complexity index is 2640.